The Labute approximate surface area is 56.7 Å². The fraction of sp³-hybridized carbons (Fsp3) is 0. The van der Waals surface area contributed by atoms with Crippen LogP contribution in [-0.4, -0.2) is 0 Å². The first-order valence-corrected chi connectivity index (χ1v) is 0. The summed E-state index contributed by atoms with van der Waals surface area (Å²) in [5.41, 5.74) is 0. The summed E-state index contributed by atoms with van der Waals surface area (Å²) >= 11 is 0. The third-order valence-corrected chi connectivity index (χ3v) is 0. The quantitative estimate of drug-likeness (QED) is 0.346. The van der Waals surface area contributed by atoms with Crippen molar-refractivity contribution < 1.29 is 56.7 Å². The summed E-state index contributed by atoms with van der Waals surface area (Å²) in [6.07, 6.45) is 0. The normalized spacial score (nSPS) is 0. The van der Waals surface area contributed by atoms with Crippen LogP contribution in [-0.2, 0) is 19.5 Å². The van der Waals surface area contributed by atoms with Crippen LogP contribution in [0.4, 0.5) is 0 Å². The molecule has 0 bridgehead atoms. The third kappa shape index (κ3) is 9.74. The molecule has 0 aromatic carbocycles. The van der Waals surface area contributed by atoms with Crippen molar-refractivity contribution in [3.8, 4) is 0 Å². The van der Waals surface area contributed by atoms with E-state index in [0.29, 0.717) is 0 Å². The molecule has 0 fully saturated rings. The Bertz CT molecular complexity index is 3.25. The fourth-order valence-corrected chi connectivity index (χ4v) is 0. The van der Waals surface area contributed by atoms with Crippen molar-refractivity contribution in [2.75, 3.05) is 0 Å². The molecular weight excluding hydrogens is 207 g/mol. The van der Waals surface area contributed by atoms with Gasteiger partial charge in [0, 0.05) is 0 Å². The minimum atomic E-state index is 0. The second kappa shape index (κ2) is 24.6. The van der Waals surface area contributed by atoms with Gasteiger partial charge in [-0.15, -0.1) is 0 Å². The van der Waals surface area contributed by atoms with Crippen LogP contribution < -0.4 is 37.2 Å². The van der Waals surface area contributed by atoms with Crippen molar-refractivity contribution in [1.29, 1.82) is 0 Å². The van der Waals surface area contributed by atoms with Gasteiger partial charge >= 0.3 is 19.5 Å². The van der Waals surface area contributed by atoms with Gasteiger partial charge in [0.1, 0.15) is 0 Å². The maximum absolute atomic E-state index is 0. The van der Waals surface area contributed by atoms with Gasteiger partial charge in [-0.3, -0.25) is 0 Å². The van der Waals surface area contributed by atoms with Gasteiger partial charge in [-0.2, -0.15) is 0 Å². The topological polar surface area (TPSA) is 0 Å². The molecule has 0 rings (SSSR count). The Kier molecular flexibility index (Phi) is 306. The van der Waals surface area contributed by atoms with E-state index in [0.717, 1.165) is 0 Å². The molecule has 0 radical (unpaired) electrons. The van der Waals surface area contributed by atoms with E-state index in [1.165, 1.54) is 0 Å². The van der Waals surface area contributed by atoms with Gasteiger partial charge in [0.15, 0.2) is 0 Å². The van der Waals surface area contributed by atoms with Gasteiger partial charge in [0.2, 0.25) is 0 Å². The molecular formula is Cl3Ru-. The summed E-state index contributed by atoms with van der Waals surface area (Å²) in [6, 6.07) is 0. The molecule has 0 aromatic rings. The van der Waals surface area contributed by atoms with Gasteiger partial charge < -0.3 is 37.2 Å². The molecule has 0 spiro atoms. The summed E-state index contributed by atoms with van der Waals surface area (Å²) < 4.78 is 0. The van der Waals surface area contributed by atoms with Crippen LogP contribution in [0, 0.1) is 0 Å². The zero-order valence-electron chi connectivity index (χ0n) is 1.49. The smallest absolute Gasteiger partial charge is 1.00 e. The molecule has 0 nitrogen and oxygen atoms in total. The molecule has 0 aliphatic carbocycles. The van der Waals surface area contributed by atoms with E-state index in [2.05, 4.69) is 0 Å². The minimum Gasteiger partial charge on any atom is -1.00 e. The van der Waals surface area contributed by atoms with E-state index in [9.17, 15) is 0 Å². The van der Waals surface area contributed by atoms with Crippen LogP contribution in [0.3, 0.4) is 0 Å². The van der Waals surface area contributed by atoms with Gasteiger partial charge in [0.25, 0.3) is 0 Å². The second-order valence-electron chi connectivity index (χ2n) is 0. The Morgan fingerprint density at radius 2 is 0.500 bits per heavy atom. The molecule has 4 heavy (non-hydrogen) atoms. The maximum atomic E-state index is 0. The fourth-order valence-electron chi connectivity index (χ4n) is 0. The van der Waals surface area contributed by atoms with Gasteiger partial charge in [-0.05, 0) is 0 Å². The average molecular weight is 207 g/mol. The van der Waals surface area contributed by atoms with Crippen molar-refractivity contribution in [1.82, 2.24) is 0 Å². The summed E-state index contributed by atoms with van der Waals surface area (Å²) in [5.74, 6) is 0. The van der Waals surface area contributed by atoms with E-state index >= 15 is 0 Å². The van der Waals surface area contributed by atoms with Crippen LogP contribution in [0.25, 0.3) is 0 Å². The zero-order chi connectivity index (χ0) is 0. The molecule has 0 N–H and O–H groups in total. The average Bonchev–Trinajstić information content (AvgIpc) is 0. The Hall–Kier alpha value is 1.49. The van der Waals surface area contributed by atoms with Crippen LogP contribution in [0.5, 0.6) is 0 Å². The number of hydrogen-bond donors (Lipinski definition) is 0. The predicted octanol–water partition coefficient (Wildman–Crippen LogP) is -8.99. The molecule has 0 unspecified atom stereocenters. The van der Waals surface area contributed by atoms with E-state index in [1.807, 2.05) is 0 Å². The van der Waals surface area contributed by atoms with Crippen molar-refractivity contribution in [3.05, 3.63) is 0 Å². The number of rotatable bonds is 0. The molecule has 0 aromatic heterocycles. The van der Waals surface area contributed by atoms with Crippen LogP contribution in [0.2, 0.25) is 0 Å². The van der Waals surface area contributed by atoms with Gasteiger partial charge in [-0.25, -0.2) is 0 Å². The number of hydrogen-bond acceptors (Lipinski definition) is 0. The summed E-state index contributed by atoms with van der Waals surface area (Å²) in [6.45, 7) is 0. The Morgan fingerprint density at radius 1 is 0.500 bits per heavy atom. The first-order valence-electron chi connectivity index (χ1n) is 0. The van der Waals surface area contributed by atoms with E-state index < -0.39 is 0 Å². The van der Waals surface area contributed by atoms with Gasteiger partial charge in [-0.1, -0.05) is 0 Å². The first kappa shape index (κ1) is 49.7. The van der Waals surface area contributed by atoms with Crippen molar-refractivity contribution in [3.63, 3.8) is 0 Å². The Balaban J connectivity index is 0. The molecule has 0 aliphatic heterocycles. The molecule has 0 aliphatic rings. The standard InChI is InChI=1S/3ClH.Ru/h3*1H;/q;;;+2/p-3. The minimum absolute atomic E-state index is 0. The van der Waals surface area contributed by atoms with Crippen molar-refractivity contribution >= 4 is 0 Å². The molecule has 4 heteroatoms. The van der Waals surface area contributed by atoms with E-state index in [-0.39, 0.29) is 56.7 Å². The van der Waals surface area contributed by atoms with Gasteiger partial charge in [0.05, 0.1) is 0 Å². The van der Waals surface area contributed by atoms with Crippen LogP contribution in [0.1, 0.15) is 0 Å². The second-order valence-corrected chi connectivity index (χ2v) is 0. The van der Waals surface area contributed by atoms with E-state index in [1.54, 1.807) is 0 Å². The first-order chi connectivity index (χ1) is 0. The molecule has 0 amide bonds. The largest absolute Gasteiger partial charge is 2.00 e. The van der Waals surface area contributed by atoms with Crippen LogP contribution in [0.15, 0.2) is 0 Å². The Morgan fingerprint density at radius 3 is 0.500 bits per heavy atom. The summed E-state index contributed by atoms with van der Waals surface area (Å²) in [4.78, 5) is 0. The van der Waals surface area contributed by atoms with E-state index in [4.69, 9.17) is 0 Å². The molecule has 0 saturated heterocycles. The van der Waals surface area contributed by atoms with Crippen LogP contribution >= 0.6 is 0 Å². The van der Waals surface area contributed by atoms with Crippen molar-refractivity contribution in [2.24, 2.45) is 0 Å². The monoisotopic (exact) mass is 207 g/mol. The van der Waals surface area contributed by atoms with Crippen molar-refractivity contribution in [2.45, 2.75) is 0 Å². The molecule has 0 heterocycles. The summed E-state index contributed by atoms with van der Waals surface area (Å²) in [7, 11) is 0. The maximum Gasteiger partial charge on any atom is 2.00 e. The third-order valence-electron chi connectivity index (χ3n) is 0. The molecule has 30 valence electrons. The zero-order valence-corrected chi connectivity index (χ0v) is 5.49. The molecule has 0 saturated carbocycles. The predicted molar refractivity (Wildman–Crippen MR) is 0 cm³/mol. The number of halogens is 3. The SMILES string of the molecule is [Cl-].[Cl-].[Cl-].[Ru+2]. The molecule has 0 atom stereocenters. The summed E-state index contributed by atoms with van der Waals surface area (Å²) in [5, 5.41) is 0.